The van der Waals surface area contributed by atoms with Crippen LogP contribution in [0.15, 0.2) is 52.9 Å². The minimum Gasteiger partial charge on any atom is -0.491 e. The van der Waals surface area contributed by atoms with Gasteiger partial charge in [-0.1, -0.05) is 0 Å². The smallest absolute Gasteiger partial charge is 0.338 e. The van der Waals surface area contributed by atoms with Crippen molar-refractivity contribution in [2.45, 2.75) is 32.0 Å². The molecular formula is C22H21FN2O5. The van der Waals surface area contributed by atoms with Crippen molar-refractivity contribution in [2.24, 2.45) is 0 Å². The van der Waals surface area contributed by atoms with Gasteiger partial charge in [-0.2, -0.15) is 0 Å². The normalized spacial score (nSPS) is 16.9. The predicted molar refractivity (Wildman–Crippen MR) is 104 cm³/mol. The number of esters is 1. The Morgan fingerprint density at radius 3 is 2.63 bits per heavy atom. The topological polar surface area (TPSA) is 83.7 Å². The maximum atomic E-state index is 13.0. The first-order valence-corrected chi connectivity index (χ1v) is 9.73. The van der Waals surface area contributed by atoms with E-state index in [9.17, 15) is 9.18 Å². The van der Waals surface area contributed by atoms with Crippen molar-refractivity contribution in [3.63, 3.8) is 0 Å². The minimum atomic E-state index is -0.741. The van der Waals surface area contributed by atoms with Gasteiger partial charge in [-0.15, -0.1) is 10.2 Å². The van der Waals surface area contributed by atoms with Crippen LogP contribution in [0.2, 0.25) is 0 Å². The number of hydrogen-bond acceptors (Lipinski definition) is 7. The van der Waals surface area contributed by atoms with E-state index in [2.05, 4.69) is 10.2 Å². The van der Waals surface area contributed by atoms with Crippen molar-refractivity contribution in [3.8, 4) is 17.2 Å². The number of carbonyl (C=O) groups is 1. The van der Waals surface area contributed by atoms with E-state index in [1.807, 2.05) is 0 Å². The standard InChI is InChI=1S/C22H21FN2O5/c1-14(20-24-25-21(30-20)15-4-8-17(23)9-5-15)29-22(26)16-6-10-18(11-7-16)28-13-19-3-2-12-27-19/h4-11,14,19H,2-3,12-13H2,1H3/t14-,19-/m0/s1. The maximum absolute atomic E-state index is 13.0. The molecule has 2 aromatic carbocycles. The van der Waals surface area contributed by atoms with Gasteiger partial charge in [0.15, 0.2) is 6.10 Å². The highest BCUT2D eigenvalue weighted by Crippen LogP contribution is 2.24. The van der Waals surface area contributed by atoms with Gasteiger partial charge < -0.3 is 18.6 Å². The third-order valence-corrected chi connectivity index (χ3v) is 4.71. The number of rotatable bonds is 7. The number of ether oxygens (including phenoxy) is 3. The number of hydrogen-bond donors (Lipinski definition) is 0. The Morgan fingerprint density at radius 1 is 1.17 bits per heavy atom. The highest BCUT2D eigenvalue weighted by Gasteiger charge is 2.20. The summed E-state index contributed by atoms with van der Waals surface area (Å²) in [6.45, 7) is 2.91. The molecule has 30 heavy (non-hydrogen) atoms. The number of halogens is 1. The van der Waals surface area contributed by atoms with Crippen LogP contribution in [-0.2, 0) is 9.47 Å². The highest BCUT2D eigenvalue weighted by molar-refractivity contribution is 5.89. The minimum absolute atomic E-state index is 0.129. The van der Waals surface area contributed by atoms with E-state index in [0.717, 1.165) is 19.4 Å². The van der Waals surface area contributed by atoms with Crippen LogP contribution in [0, 0.1) is 5.82 Å². The van der Waals surface area contributed by atoms with Gasteiger partial charge in [-0.05, 0) is 68.3 Å². The highest BCUT2D eigenvalue weighted by atomic mass is 19.1. The molecule has 7 nitrogen and oxygen atoms in total. The van der Waals surface area contributed by atoms with Crippen molar-refractivity contribution in [1.29, 1.82) is 0 Å². The van der Waals surface area contributed by atoms with Crippen LogP contribution in [-0.4, -0.2) is 35.5 Å². The molecule has 0 spiro atoms. The van der Waals surface area contributed by atoms with Crippen molar-refractivity contribution < 1.29 is 27.8 Å². The molecule has 0 radical (unpaired) electrons. The summed E-state index contributed by atoms with van der Waals surface area (Å²) in [5.74, 6) is 0.162. The lowest BCUT2D eigenvalue weighted by Crippen LogP contribution is -2.16. The summed E-state index contributed by atoms with van der Waals surface area (Å²) >= 11 is 0. The average molecular weight is 412 g/mol. The summed E-state index contributed by atoms with van der Waals surface area (Å²) in [6, 6.07) is 12.4. The Hall–Kier alpha value is -3.26. The van der Waals surface area contributed by atoms with Crippen LogP contribution in [0.3, 0.4) is 0 Å². The third-order valence-electron chi connectivity index (χ3n) is 4.71. The molecule has 0 amide bonds. The van der Waals surface area contributed by atoms with E-state index in [4.69, 9.17) is 18.6 Å². The summed E-state index contributed by atoms with van der Waals surface area (Å²) in [4.78, 5) is 12.4. The van der Waals surface area contributed by atoms with Gasteiger partial charge in [-0.3, -0.25) is 0 Å². The molecule has 2 atom stereocenters. The van der Waals surface area contributed by atoms with E-state index in [1.54, 1.807) is 31.2 Å². The Bertz CT molecular complexity index is 982. The molecule has 1 saturated heterocycles. The van der Waals surface area contributed by atoms with Crippen LogP contribution >= 0.6 is 0 Å². The molecule has 0 bridgehead atoms. The predicted octanol–water partition coefficient (Wildman–Crippen LogP) is 4.35. The monoisotopic (exact) mass is 412 g/mol. The number of benzene rings is 2. The van der Waals surface area contributed by atoms with Crippen molar-refractivity contribution in [3.05, 3.63) is 65.8 Å². The zero-order valence-corrected chi connectivity index (χ0v) is 16.4. The largest absolute Gasteiger partial charge is 0.491 e. The van der Waals surface area contributed by atoms with Crippen LogP contribution in [0.5, 0.6) is 5.75 Å². The maximum Gasteiger partial charge on any atom is 0.338 e. The molecule has 0 N–H and O–H groups in total. The lowest BCUT2D eigenvalue weighted by molar-refractivity contribution is 0.0279. The molecule has 1 aliphatic rings. The van der Waals surface area contributed by atoms with E-state index in [-0.39, 0.29) is 23.7 Å². The fourth-order valence-corrected chi connectivity index (χ4v) is 3.04. The molecule has 0 aliphatic carbocycles. The van der Waals surface area contributed by atoms with Gasteiger partial charge in [0.05, 0.1) is 11.7 Å². The molecular weight excluding hydrogens is 391 g/mol. The summed E-state index contributed by atoms with van der Waals surface area (Å²) in [5, 5.41) is 7.84. The van der Waals surface area contributed by atoms with Crippen LogP contribution in [0.4, 0.5) is 4.39 Å². The second-order valence-corrected chi connectivity index (χ2v) is 6.97. The van der Waals surface area contributed by atoms with Gasteiger partial charge in [0, 0.05) is 12.2 Å². The molecule has 4 rings (SSSR count). The molecule has 3 aromatic rings. The summed E-state index contributed by atoms with van der Waals surface area (Å²) < 4.78 is 35.2. The first-order chi connectivity index (χ1) is 14.6. The number of aromatic nitrogens is 2. The molecule has 0 saturated carbocycles. The quantitative estimate of drug-likeness (QED) is 0.534. The first kappa shape index (κ1) is 20.0. The van der Waals surface area contributed by atoms with E-state index in [1.165, 1.54) is 24.3 Å². The van der Waals surface area contributed by atoms with E-state index >= 15 is 0 Å². The van der Waals surface area contributed by atoms with Gasteiger partial charge >= 0.3 is 5.97 Å². The molecule has 1 aliphatic heterocycles. The SMILES string of the molecule is C[C@H](OC(=O)c1ccc(OC[C@@H]2CCCO2)cc1)c1nnc(-c2ccc(F)cc2)o1. The van der Waals surface area contributed by atoms with Crippen molar-refractivity contribution in [2.75, 3.05) is 13.2 Å². The molecule has 2 heterocycles. The lowest BCUT2D eigenvalue weighted by atomic mass is 10.2. The fourth-order valence-electron chi connectivity index (χ4n) is 3.04. The summed E-state index contributed by atoms with van der Waals surface area (Å²) in [7, 11) is 0. The summed E-state index contributed by atoms with van der Waals surface area (Å²) in [5.41, 5.74) is 0.955. The van der Waals surface area contributed by atoms with Gasteiger partial charge in [0.2, 0.25) is 5.89 Å². The molecule has 1 fully saturated rings. The van der Waals surface area contributed by atoms with Crippen LogP contribution in [0.1, 0.15) is 42.1 Å². The first-order valence-electron chi connectivity index (χ1n) is 9.73. The van der Waals surface area contributed by atoms with Gasteiger partial charge in [-0.25, -0.2) is 9.18 Å². The second-order valence-electron chi connectivity index (χ2n) is 6.97. The van der Waals surface area contributed by atoms with Crippen LogP contribution < -0.4 is 4.74 Å². The zero-order valence-electron chi connectivity index (χ0n) is 16.4. The molecule has 1 aromatic heterocycles. The lowest BCUT2D eigenvalue weighted by Gasteiger charge is -2.12. The van der Waals surface area contributed by atoms with Gasteiger partial charge in [0.1, 0.15) is 18.2 Å². The zero-order chi connectivity index (χ0) is 20.9. The molecule has 0 unspecified atom stereocenters. The summed E-state index contributed by atoms with van der Waals surface area (Å²) in [6.07, 6.45) is 1.45. The fraction of sp³-hybridized carbons (Fsp3) is 0.318. The third kappa shape index (κ3) is 4.83. The Kier molecular flexibility index (Phi) is 6.04. The van der Waals surface area contributed by atoms with E-state index in [0.29, 0.717) is 23.5 Å². The van der Waals surface area contributed by atoms with Crippen molar-refractivity contribution in [1.82, 2.24) is 10.2 Å². The van der Waals surface area contributed by atoms with Crippen LogP contribution in [0.25, 0.3) is 11.5 Å². The second kappa shape index (κ2) is 9.04. The molecule has 156 valence electrons. The average Bonchev–Trinajstić information content (AvgIpc) is 3.45. The van der Waals surface area contributed by atoms with Crippen molar-refractivity contribution >= 4 is 5.97 Å². The number of carbonyl (C=O) groups excluding carboxylic acids is 1. The van der Waals surface area contributed by atoms with Gasteiger partial charge in [0.25, 0.3) is 5.89 Å². The molecule has 8 heteroatoms. The Balaban J connectivity index is 1.33. The Morgan fingerprint density at radius 2 is 1.93 bits per heavy atom. The van der Waals surface area contributed by atoms with E-state index < -0.39 is 12.1 Å². The number of nitrogens with zero attached hydrogens (tertiary/aromatic N) is 2. The Labute approximate surface area is 172 Å².